The fourth-order valence-corrected chi connectivity index (χ4v) is 2.60. The van der Waals surface area contributed by atoms with Crippen molar-refractivity contribution < 1.29 is 5.11 Å². The van der Waals surface area contributed by atoms with Crippen LogP contribution in [-0.2, 0) is 0 Å². The molecule has 0 amide bonds. The van der Waals surface area contributed by atoms with Gasteiger partial charge in [0.2, 0.25) is 0 Å². The molecule has 2 nitrogen and oxygen atoms in total. The molecule has 3 unspecified atom stereocenters. The summed E-state index contributed by atoms with van der Waals surface area (Å²) in [6.07, 6.45) is 0.438. The Balaban J connectivity index is 2.26. The predicted octanol–water partition coefficient (Wildman–Crippen LogP) is 3.22. The van der Waals surface area contributed by atoms with Gasteiger partial charge in [-0.3, -0.25) is 0 Å². The second-order valence-electron chi connectivity index (χ2n) is 5.34. The summed E-state index contributed by atoms with van der Waals surface area (Å²) in [4.78, 5) is 2.42. The smallest absolute Gasteiger partial charge is 0.0807 e. The van der Waals surface area contributed by atoms with Gasteiger partial charge in [-0.05, 0) is 24.3 Å². The van der Waals surface area contributed by atoms with Crippen LogP contribution in [-0.4, -0.2) is 18.2 Å². The zero-order chi connectivity index (χ0) is 12.4. The number of rotatable bonds is 3. The van der Waals surface area contributed by atoms with Gasteiger partial charge in [0.15, 0.2) is 0 Å². The molecule has 1 aliphatic heterocycles. The van der Waals surface area contributed by atoms with Crippen molar-refractivity contribution in [1.29, 1.82) is 0 Å². The highest BCUT2D eigenvalue weighted by Crippen LogP contribution is 2.33. The van der Waals surface area contributed by atoms with Crippen LogP contribution >= 0.6 is 0 Å². The molecule has 2 rings (SSSR count). The van der Waals surface area contributed by atoms with Gasteiger partial charge in [0.1, 0.15) is 0 Å². The summed E-state index contributed by atoms with van der Waals surface area (Å²) >= 11 is 0. The molecule has 0 spiro atoms. The summed E-state index contributed by atoms with van der Waals surface area (Å²) in [5.41, 5.74) is 2.30. The molecule has 2 heteroatoms. The topological polar surface area (TPSA) is 23.5 Å². The highest BCUT2D eigenvalue weighted by Gasteiger charge is 2.27. The molecule has 0 saturated carbocycles. The summed E-state index contributed by atoms with van der Waals surface area (Å²) in [7, 11) is 0. The first-order valence-electron chi connectivity index (χ1n) is 6.65. The Hall–Kier alpha value is -1.02. The third kappa shape index (κ3) is 2.47. The van der Waals surface area contributed by atoms with Gasteiger partial charge in [-0.25, -0.2) is 0 Å². The highest BCUT2D eigenvalue weighted by molar-refractivity contribution is 5.55. The van der Waals surface area contributed by atoms with Crippen molar-refractivity contribution in [2.45, 2.75) is 33.3 Å². The van der Waals surface area contributed by atoms with E-state index < -0.39 is 0 Å². The standard InChI is InChI=1S/C15H23NO/c1-4-15(17)13-7-5-6-8-14(13)16-9-11(2)12(3)10-16/h5-8,11-12,15,17H,4,9-10H2,1-3H3. The summed E-state index contributed by atoms with van der Waals surface area (Å²) in [6, 6.07) is 8.27. The lowest BCUT2D eigenvalue weighted by Crippen LogP contribution is -2.21. The molecule has 1 fully saturated rings. The lowest BCUT2D eigenvalue weighted by molar-refractivity contribution is 0.174. The minimum atomic E-state index is -0.336. The van der Waals surface area contributed by atoms with Crippen molar-refractivity contribution in [3.05, 3.63) is 29.8 Å². The Morgan fingerprint density at radius 2 is 1.82 bits per heavy atom. The lowest BCUT2D eigenvalue weighted by atomic mass is 10.0. The van der Waals surface area contributed by atoms with E-state index in [0.717, 1.165) is 36.9 Å². The van der Waals surface area contributed by atoms with E-state index in [1.165, 1.54) is 5.69 Å². The van der Waals surface area contributed by atoms with Crippen LogP contribution in [0.1, 0.15) is 38.9 Å². The Kier molecular flexibility index (Phi) is 3.72. The van der Waals surface area contributed by atoms with Crippen LogP contribution in [0.15, 0.2) is 24.3 Å². The fourth-order valence-electron chi connectivity index (χ4n) is 2.60. The molecule has 1 aromatic rings. The van der Waals surface area contributed by atoms with Gasteiger partial charge < -0.3 is 10.0 Å². The molecule has 3 atom stereocenters. The zero-order valence-corrected chi connectivity index (χ0v) is 11.1. The number of aliphatic hydroxyl groups is 1. The minimum absolute atomic E-state index is 0.336. The number of benzene rings is 1. The average Bonchev–Trinajstić information content (AvgIpc) is 2.68. The number of anilines is 1. The molecular weight excluding hydrogens is 210 g/mol. The summed E-state index contributed by atoms with van der Waals surface area (Å²) in [6.45, 7) is 8.85. The summed E-state index contributed by atoms with van der Waals surface area (Å²) in [5, 5.41) is 10.1. The van der Waals surface area contributed by atoms with E-state index in [0.29, 0.717) is 0 Å². The average molecular weight is 233 g/mol. The molecule has 0 bridgehead atoms. The molecule has 0 radical (unpaired) electrons. The van der Waals surface area contributed by atoms with Gasteiger partial charge in [-0.15, -0.1) is 0 Å². The molecule has 1 aliphatic rings. The van der Waals surface area contributed by atoms with E-state index in [1.54, 1.807) is 0 Å². The van der Waals surface area contributed by atoms with Crippen molar-refractivity contribution >= 4 is 5.69 Å². The number of hydrogen-bond donors (Lipinski definition) is 1. The number of aliphatic hydroxyl groups excluding tert-OH is 1. The Morgan fingerprint density at radius 1 is 1.24 bits per heavy atom. The Bertz CT molecular complexity index is 367. The van der Waals surface area contributed by atoms with E-state index >= 15 is 0 Å². The third-order valence-corrected chi connectivity index (χ3v) is 4.01. The first-order chi connectivity index (χ1) is 8.13. The van der Waals surface area contributed by atoms with Crippen LogP contribution in [0, 0.1) is 11.8 Å². The maximum absolute atomic E-state index is 10.1. The summed E-state index contributed by atoms with van der Waals surface area (Å²) < 4.78 is 0. The molecule has 0 aromatic heterocycles. The molecule has 1 heterocycles. The van der Waals surface area contributed by atoms with E-state index in [2.05, 4.69) is 36.9 Å². The van der Waals surface area contributed by atoms with Crippen molar-refractivity contribution in [3.63, 3.8) is 0 Å². The molecule has 1 N–H and O–H groups in total. The van der Waals surface area contributed by atoms with Crippen LogP contribution in [0.3, 0.4) is 0 Å². The monoisotopic (exact) mass is 233 g/mol. The first kappa shape index (κ1) is 12.4. The molecule has 1 saturated heterocycles. The molecule has 1 aromatic carbocycles. The predicted molar refractivity (Wildman–Crippen MR) is 72.2 cm³/mol. The quantitative estimate of drug-likeness (QED) is 0.866. The van der Waals surface area contributed by atoms with Gasteiger partial charge >= 0.3 is 0 Å². The SMILES string of the molecule is CCC(O)c1ccccc1N1CC(C)C(C)C1. The van der Waals surface area contributed by atoms with E-state index in [-0.39, 0.29) is 6.10 Å². The van der Waals surface area contributed by atoms with Crippen LogP contribution < -0.4 is 4.90 Å². The highest BCUT2D eigenvalue weighted by atomic mass is 16.3. The van der Waals surface area contributed by atoms with Gasteiger partial charge in [0.05, 0.1) is 6.10 Å². The van der Waals surface area contributed by atoms with Crippen LogP contribution in [0.25, 0.3) is 0 Å². The normalized spacial score (nSPS) is 26.2. The zero-order valence-electron chi connectivity index (χ0n) is 11.1. The third-order valence-electron chi connectivity index (χ3n) is 4.01. The Morgan fingerprint density at radius 3 is 2.41 bits per heavy atom. The largest absolute Gasteiger partial charge is 0.388 e. The lowest BCUT2D eigenvalue weighted by Gasteiger charge is -2.24. The van der Waals surface area contributed by atoms with Crippen LogP contribution in [0.4, 0.5) is 5.69 Å². The number of nitrogens with zero attached hydrogens (tertiary/aromatic N) is 1. The van der Waals surface area contributed by atoms with Crippen molar-refractivity contribution in [3.8, 4) is 0 Å². The maximum Gasteiger partial charge on any atom is 0.0807 e. The van der Waals surface area contributed by atoms with Gasteiger partial charge in [-0.1, -0.05) is 39.0 Å². The second-order valence-corrected chi connectivity index (χ2v) is 5.34. The van der Waals surface area contributed by atoms with Crippen LogP contribution in [0.5, 0.6) is 0 Å². The van der Waals surface area contributed by atoms with Crippen LogP contribution in [0.2, 0.25) is 0 Å². The minimum Gasteiger partial charge on any atom is -0.388 e. The van der Waals surface area contributed by atoms with Crippen molar-refractivity contribution in [2.75, 3.05) is 18.0 Å². The molecule has 94 valence electrons. The fraction of sp³-hybridized carbons (Fsp3) is 0.600. The van der Waals surface area contributed by atoms with E-state index in [1.807, 2.05) is 13.0 Å². The van der Waals surface area contributed by atoms with Gasteiger partial charge in [-0.2, -0.15) is 0 Å². The second kappa shape index (κ2) is 5.09. The number of hydrogen-bond acceptors (Lipinski definition) is 2. The number of para-hydroxylation sites is 1. The van der Waals surface area contributed by atoms with E-state index in [4.69, 9.17) is 0 Å². The van der Waals surface area contributed by atoms with E-state index in [9.17, 15) is 5.11 Å². The van der Waals surface area contributed by atoms with Gasteiger partial charge in [0, 0.05) is 24.3 Å². The van der Waals surface area contributed by atoms with Crippen molar-refractivity contribution in [1.82, 2.24) is 0 Å². The van der Waals surface area contributed by atoms with Crippen molar-refractivity contribution in [2.24, 2.45) is 11.8 Å². The van der Waals surface area contributed by atoms with Gasteiger partial charge in [0.25, 0.3) is 0 Å². The maximum atomic E-state index is 10.1. The molecule has 0 aliphatic carbocycles. The molecule has 17 heavy (non-hydrogen) atoms. The molecular formula is C15H23NO. The Labute approximate surface area is 104 Å². The summed E-state index contributed by atoms with van der Waals surface area (Å²) in [5.74, 6) is 1.48. The first-order valence-corrected chi connectivity index (χ1v) is 6.65.